The van der Waals surface area contributed by atoms with E-state index in [1.807, 2.05) is 0 Å². The summed E-state index contributed by atoms with van der Waals surface area (Å²) in [7, 11) is 1.60. The van der Waals surface area contributed by atoms with Crippen LogP contribution >= 0.6 is 0 Å². The molecule has 0 bridgehead atoms. The Kier molecular flexibility index (Phi) is 7.07. The van der Waals surface area contributed by atoms with Crippen LogP contribution in [0.2, 0.25) is 0 Å². The molecule has 3 N–H and O–H groups in total. The van der Waals surface area contributed by atoms with Crippen molar-refractivity contribution in [1.29, 1.82) is 0 Å². The molecular weight excluding hydrogens is 468 g/mol. The molecule has 1 amide bonds. The number of likely N-dealkylation sites (N-methyl/N-ethyl adjacent to an activating group) is 1. The molecule has 4 rings (SSSR count). The van der Waals surface area contributed by atoms with E-state index in [9.17, 15) is 23.2 Å². The smallest absolute Gasteiger partial charge is 0.275 e. The molecule has 0 saturated heterocycles. The number of rotatable bonds is 7. The molecule has 2 aromatic heterocycles. The summed E-state index contributed by atoms with van der Waals surface area (Å²) in [5.41, 5.74) is 0.416. The van der Waals surface area contributed by atoms with Crippen LogP contribution in [0.3, 0.4) is 0 Å². The van der Waals surface area contributed by atoms with E-state index in [2.05, 4.69) is 25.6 Å². The minimum Gasteiger partial charge on any atom is -0.318 e. The van der Waals surface area contributed by atoms with Crippen molar-refractivity contribution in [3.05, 3.63) is 100 Å². The second-order valence-corrected chi connectivity index (χ2v) is 7.94. The number of benzene rings is 2. The maximum Gasteiger partial charge on any atom is 0.275 e. The quantitative estimate of drug-likeness (QED) is 0.342. The van der Waals surface area contributed by atoms with Crippen LogP contribution in [0.5, 0.6) is 0 Å². The number of hydrogen-bond donors (Lipinski definition) is 3. The van der Waals surface area contributed by atoms with Crippen molar-refractivity contribution in [2.75, 3.05) is 12.4 Å². The molecule has 0 aliphatic heterocycles. The summed E-state index contributed by atoms with van der Waals surface area (Å²) in [6, 6.07) is 11.3. The lowest BCUT2D eigenvalue weighted by atomic mass is 10.0. The van der Waals surface area contributed by atoms with E-state index in [-0.39, 0.29) is 33.9 Å². The third-order valence-corrected chi connectivity index (χ3v) is 5.49. The van der Waals surface area contributed by atoms with E-state index < -0.39 is 34.9 Å². The van der Waals surface area contributed by atoms with Gasteiger partial charge in [0.15, 0.2) is 5.78 Å². The van der Waals surface area contributed by atoms with Gasteiger partial charge in [0.2, 0.25) is 5.91 Å². The number of aromatic nitrogens is 3. The summed E-state index contributed by atoms with van der Waals surface area (Å²) in [6.45, 7) is 1.62. The molecule has 8 nitrogen and oxygen atoms in total. The van der Waals surface area contributed by atoms with E-state index in [1.165, 1.54) is 67.0 Å². The van der Waals surface area contributed by atoms with Gasteiger partial charge >= 0.3 is 0 Å². The number of nitrogens with one attached hydrogen (secondary N) is 3. The van der Waals surface area contributed by atoms with Crippen LogP contribution in [-0.2, 0) is 4.79 Å². The number of aromatic amines is 1. The standard InChI is InChI=1S/C26H21F2N5O3/c1-14(29-2)25(35)32-22-21(31-24(33-26(22)36)16-5-9-20(28)10-6-16)17-11-18(13-30-12-17)23(34)15-3-7-19(27)8-4-15/h3-14,29H,1-2H3,(H,32,35)(H,31,33,36)/t14-/m0/s1. The molecule has 36 heavy (non-hydrogen) atoms. The number of H-pyrrole nitrogens is 1. The van der Waals surface area contributed by atoms with Gasteiger partial charge in [0.05, 0.1) is 6.04 Å². The van der Waals surface area contributed by atoms with Gasteiger partial charge in [-0.05, 0) is 68.6 Å². The van der Waals surface area contributed by atoms with E-state index in [4.69, 9.17) is 0 Å². The van der Waals surface area contributed by atoms with Crippen molar-refractivity contribution < 1.29 is 18.4 Å². The van der Waals surface area contributed by atoms with Crippen molar-refractivity contribution >= 4 is 17.4 Å². The molecule has 0 aliphatic rings. The number of anilines is 1. The van der Waals surface area contributed by atoms with Gasteiger partial charge in [0.25, 0.3) is 5.56 Å². The second kappa shape index (κ2) is 10.4. The highest BCUT2D eigenvalue weighted by Gasteiger charge is 2.21. The summed E-state index contributed by atoms with van der Waals surface area (Å²) in [4.78, 5) is 49.8. The summed E-state index contributed by atoms with van der Waals surface area (Å²) >= 11 is 0. The zero-order valence-corrected chi connectivity index (χ0v) is 19.3. The highest BCUT2D eigenvalue weighted by Crippen LogP contribution is 2.27. The number of hydrogen-bond acceptors (Lipinski definition) is 6. The first-order valence-corrected chi connectivity index (χ1v) is 10.9. The molecule has 1 atom stereocenters. The minimum absolute atomic E-state index is 0.0657. The number of ketones is 1. The fraction of sp³-hybridized carbons (Fsp3) is 0.115. The number of carbonyl (C=O) groups excluding carboxylic acids is 2. The molecule has 0 aliphatic carbocycles. The number of amides is 1. The minimum atomic E-state index is -0.647. The van der Waals surface area contributed by atoms with Gasteiger partial charge in [-0.3, -0.25) is 19.4 Å². The van der Waals surface area contributed by atoms with Crippen LogP contribution in [0.25, 0.3) is 22.6 Å². The van der Waals surface area contributed by atoms with Crippen molar-refractivity contribution in [1.82, 2.24) is 20.3 Å². The summed E-state index contributed by atoms with van der Waals surface area (Å²) < 4.78 is 26.7. The predicted molar refractivity (Wildman–Crippen MR) is 130 cm³/mol. The Hall–Kier alpha value is -4.57. The lowest BCUT2D eigenvalue weighted by Gasteiger charge is -2.15. The zero-order valence-electron chi connectivity index (χ0n) is 19.3. The number of nitrogens with zero attached hydrogens (tertiary/aromatic N) is 2. The fourth-order valence-electron chi connectivity index (χ4n) is 3.37. The molecular formula is C26H21F2N5O3. The van der Waals surface area contributed by atoms with Gasteiger partial charge < -0.3 is 15.6 Å². The lowest BCUT2D eigenvalue weighted by Crippen LogP contribution is -2.37. The SMILES string of the molecule is CN[C@@H](C)C(=O)Nc1c(-c2cncc(C(=O)c3ccc(F)cc3)c2)nc(-c2ccc(F)cc2)[nH]c1=O. The van der Waals surface area contributed by atoms with Crippen LogP contribution in [0, 0.1) is 11.6 Å². The predicted octanol–water partition coefficient (Wildman–Crippen LogP) is 3.55. The van der Waals surface area contributed by atoms with Gasteiger partial charge in [-0.2, -0.15) is 0 Å². The molecule has 0 radical (unpaired) electrons. The van der Waals surface area contributed by atoms with Gasteiger partial charge in [0, 0.05) is 34.6 Å². The highest BCUT2D eigenvalue weighted by atomic mass is 19.1. The van der Waals surface area contributed by atoms with Gasteiger partial charge in [-0.25, -0.2) is 13.8 Å². The van der Waals surface area contributed by atoms with E-state index in [0.29, 0.717) is 5.56 Å². The van der Waals surface area contributed by atoms with E-state index >= 15 is 0 Å². The zero-order chi connectivity index (χ0) is 25.8. The van der Waals surface area contributed by atoms with Crippen molar-refractivity contribution in [2.24, 2.45) is 0 Å². The van der Waals surface area contributed by atoms with Crippen LogP contribution in [0.1, 0.15) is 22.8 Å². The third kappa shape index (κ3) is 5.23. The Labute approximate surface area is 204 Å². The molecule has 0 spiro atoms. The van der Waals surface area contributed by atoms with Crippen LogP contribution in [-0.4, -0.2) is 39.7 Å². The molecule has 2 heterocycles. The topological polar surface area (TPSA) is 117 Å². The van der Waals surface area contributed by atoms with Crippen molar-refractivity contribution in [2.45, 2.75) is 13.0 Å². The Morgan fingerprint density at radius 1 is 0.917 bits per heavy atom. The molecule has 4 aromatic rings. The highest BCUT2D eigenvalue weighted by molar-refractivity contribution is 6.09. The number of carbonyl (C=O) groups is 2. The first-order chi connectivity index (χ1) is 17.3. The fourth-order valence-corrected chi connectivity index (χ4v) is 3.37. The van der Waals surface area contributed by atoms with Gasteiger partial charge in [-0.15, -0.1) is 0 Å². The summed E-state index contributed by atoms with van der Waals surface area (Å²) in [5, 5.41) is 5.37. The van der Waals surface area contributed by atoms with Gasteiger partial charge in [-0.1, -0.05) is 0 Å². The molecule has 2 aromatic carbocycles. The molecule has 10 heteroatoms. The summed E-state index contributed by atoms with van der Waals surface area (Å²) in [6.07, 6.45) is 2.74. The van der Waals surface area contributed by atoms with Crippen LogP contribution < -0.4 is 16.2 Å². The third-order valence-electron chi connectivity index (χ3n) is 5.49. The van der Waals surface area contributed by atoms with Crippen molar-refractivity contribution in [3.63, 3.8) is 0 Å². The Morgan fingerprint density at radius 2 is 1.56 bits per heavy atom. The Morgan fingerprint density at radius 3 is 2.19 bits per heavy atom. The normalized spacial score (nSPS) is 11.7. The van der Waals surface area contributed by atoms with Crippen LogP contribution in [0.4, 0.5) is 14.5 Å². The number of pyridine rings is 1. The monoisotopic (exact) mass is 489 g/mol. The summed E-state index contributed by atoms with van der Waals surface area (Å²) in [5.74, 6) is -1.70. The van der Waals surface area contributed by atoms with Gasteiger partial charge in [0.1, 0.15) is 28.8 Å². The first-order valence-electron chi connectivity index (χ1n) is 10.9. The first kappa shape index (κ1) is 24.6. The Balaban J connectivity index is 1.84. The van der Waals surface area contributed by atoms with Crippen molar-refractivity contribution in [3.8, 4) is 22.6 Å². The maximum atomic E-state index is 13.4. The lowest BCUT2D eigenvalue weighted by molar-refractivity contribution is -0.117. The second-order valence-electron chi connectivity index (χ2n) is 7.94. The average Bonchev–Trinajstić information content (AvgIpc) is 2.89. The average molecular weight is 489 g/mol. The molecule has 182 valence electrons. The van der Waals surface area contributed by atoms with E-state index in [0.717, 1.165) is 0 Å². The number of halogens is 2. The molecule has 0 saturated carbocycles. The Bertz CT molecular complexity index is 1490. The molecule has 0 fully saturated rings. The maximum absolute atomic E-state index is 13.4. The van der Waals surface area contributed by atoms with Crippen LogP contribution in [0.15, 0.2) is 71.8 Å². The van der Waals surface area contributed by atoms with E-state index in [1.54, 1.807) is 14.0 Å². The largest absolute Gasteiger partial charge is 0.318 e. The molecule has 0 unspecified atom stereocenters.